The number of fused-ring (bicyclic) bond motifs is 2. The number of rotatable bonds is 5. The topological polar surface area (TPSA) is 67.5 Å². The van der Waals surface area contributed by atoms with Crippen LogP contribution in [0.2, 0.25) is 10.0 Å². The molecule has 2 aromatic carbocycles. The Morgan fingerprint density at radius 1 is 1.06 bits per heavy atom. The molecule has 0 aromatic heterocycles. The van der Waals surface area contributed by atoms with Crippen molar-refractivity contribution in [3.05, 3.63) is 74.4 Å². The van der Waals surface area contributed by atoms with Crippen LogP contribution < -0.4 is 5.43 Å². The molecule has 6 heteroatoms. The first-order valence-electron chi connectivity index (χ1n) is 10.0. The van der Waals surface area contributed by atoms with Crippen molar-refractivity contribution in [3.8, 4) is 28.2 Å². The van der Waals surface area contributed by atoms with Gasteiger partial charge in [-0.1, -0.05) is 67.7 Å². The first kappa shape index (κ1) is 21.4. The van der Waals surface area contributed by atoms with Gasteiger partial charge < -0.3 is 9.52 Å². The molecule has 1 unspecified atom stereocenters. The number of phenols is 1. The van der Waals surface area contributed by atoms with Gasteiger partial charge in [0.05, 0.1) is 10.0 Å². The summed E-state index contributed by atoms with van der Waals surface area (Å²) < 4.78 is 5.87. The second-order valence-electron chi connectivity index (χ2n) is 7.77. The molecule has 0 saturated carbocycles. The highest BCUT2D eigenvalue weighted by molar-refractivity contribution is 6.33. The average Bonchev–Trinajstić information content (AvgIpc) is 2.74. The minimum atomic E-state index is -0.354. The number of phenolic OH excluding ortho intramolecular Hbond substituents is 1. The van der Waals surface area contributed by atoms with Gasteiger partial charge in [-0.3, -0.25) is 9.59 Å². The lowest BCUT2D eigenvalue weighted by Crippen LogP contribution is -2.05. The van der Waals surface area contributed by atoms with E-state index in [9.17, 15) is 14.7 Å². The lowest BCUT2D eigenvalue weighted by Gasteiger charge is -2.16. The number of aromatic hydroxyl groups is 1. The minimum absolute atomic E-state index is 0.0773. The lowest BCUT2D eigenvalue weighted by molar-refractivity contribution is 0.0963. The molecule has 158 valence electrons. The van der Waals surface area contributed by atoms with Crippen molar-refractivity contribution in [1.82, 2.24) is 0 Å². The second-order valence-corrected chi connectivity index (χ2v) is 8.59. The molecule has 4 nitrogen and oxygen atoms in total. The third-order valence-corrected chi connectivity index (χ3v) is 6.17. The summed E-state index contributed by atoms with van der Waals surface area (Å²) in [5.41, 5.74) is 2.87. The van der Waals surface area contributed by atoms with Crippen LogP contribution in [0, 0.1) is 5.92 Å². The predicted octanol–water partition coefficient (Wildman–Crippen LogP) is 7.20. The standard InChI is InChI=1S/C25H20Cl2O4/c1-3-13(2)8-20(28)14-4-6-15(7-5-14)25-16-9-18(26)21(29)11-23(16)31-24-12-22(30)19(27)10-17(24)25/h4-7,9-13,29H,3,8H2,1-2H3. The Kier molecular flexibility index (Phi) is 5.78. The summed E-state index contributed by atoms with van der Waals surface area (Å²) in [6.07, 6.45) is 1.45. The average molecular weight is 455 g/mol. The minimum Gasteiger partial charge on any atom is -0.506 e. The molecule has 2 aliphatic rings. The van der Waals surface area contributed by atoms with Gasteiger partial charge in [-0.05, 0) is 23.6 Å². The summed E-state index contributed by atoms with van der Waals surface area (Å²) in [5.74, 6) is 0.654. The van der Waals surface area contributed by atoms with Crippen molar-refractivity contribution in [2.75, 3.05) is 0 Å². The summed E-state index contributed by atoms with van der Waals surface area (Å²) in [6, 6.07) is 13.3. The van der Waals surface area contributed by atoms with Gasteiger partial charge in [-0.2, -0.15) is 0 Å². The number of Topliss-reactive ketones (excluding diaryl/α,β-unsaturated/α-hetero) is 1. The van der Waals surface area contributed by atoms with E-state index in [0.29, 0.717) is 40.2 Å². The molecular formula is C25H20Cl2O4. The molecular weight excluding hydrogens is 435 g/mol. The quantitative estimate of drug-likeness (QED) is 0.255. The van der Waals surface area contributed by atoms with Gasteiger partial charge in [0.15, 0.2) is 5.78 Å². The Balaban J connectivity index is 1.93. The van der Waals surface area contributed by atoms with Crippen LogP contribution in [0.5, 0.6) is 5.75 Å². The fourth-order valence-electron chi connectivity index (χ4n) is 3.61. The molecule has 1 aliphatic heterocycles. The van der Waals surface area contributed by atoms with Gasteiger partial charge in [0.25, 0.3) is 0 Å². The van der Waals surface area contributed by atoms with E-state index >= 15 is 0 Å². The van der Waals surface area contributed by atoms with Crippen LogP contribution in [0.4, 0.5) is 0 Å². The number of carbonyl (C=O) groups is 1. The van der Waals surface area contributed by atoms with Crippen LogP contribution in [-0.4, -0.2) is 10.9 Å². The first-order chi connectivity index (χ1) is 14.8. The van der Waals surface area contributed by atoms with E-state index < -0.39 is 0 Å². The lowest BCUT2D eigenvalue weighted by atomic mass is 9.92. The molecule has 0 amide bonds. The number of halogens is 2. The summed E-state index contributed by atoms with van der Waals surface area (Å²) in [4.78, 5) is 24.6. The molecule has 0 bridgehead atoms. The summed E-state index contributed by atoms with van der Waals surface area (Å²) in [5, 5.41) is 10.9. The SMILES string of the molecule is CCC(C)CC(=O)c1ccc(-c2c3cc(Cl)c(=O)cc-3oc3cc(O)c(Cl)cc23)cc1. The number of hydrogen-bond acceptors (Lipinski definition) is 4. The Labute approximate surface area is 189 Å². The van der Waals surface area contributed by atoms with Gasteiger partial charge in [0.1, 0.15) is 17.1 Å². The smallest absolute Gasteiger partial charge is 0.200 e. The third kappa shape index (κ3) is 4.06. The van der Waals surface area contributed by atoms with Crippen molar-refractivity contribution < 1.29 is 14.3 Å². The van der Waals surface area contributed by atoms with E-state index in [4.69, 9.17) is 27.6 Å². The molecule has 31 heavy (non-hydrogen) atoms. The highest BCUT2D eigenvalue weighted by Gasteiger charge is 2.20. The van der Waals surface area contributed by atoms with Crippen LogP contribution in [0.25, 0.3) is 33.4 Å². The van der Waals surface area contributed by atoms with Gasteiger partial charge in [0, 0.05) is 40.6 Å². The van der Waals surface area contributed by atoms with Gasteiger partial charge in [-0.15, -0.1) is 0 Å². The molecule has 2 aromatic rings. The van der Waals surface area contributed by atoms with Gasteiger partial charge in [0.2, 0.25) is 5.43 Å². The fraction of sp³-hybridized carbons (Fsp3) is 0.200. The van der Waals surface area contributed by atoms with Crippen molar-refractivity contribution in [2.45, 2.75) is 26.7 Å². The van der Waals surface area contributed by atoms with Crippen LogP contribution in [0.15, 0.2) is 57.7 Å². The van der Waals surface area contributed by atoms with Crippen molar-refractivity contribution in [1.29, 1.82) is 0 Å². The van der Waals surface area contributed by atoms with Gasteiger partial charge >= 0.3 is 0 Å². The largest absolute Gasteiger partial charge is 0.506 e. The zero-order valence-corrected chi connectivity index (χ0v) is 18.6. The van der Waals surface area contributed by atoms with Crippen molar-refractivity contribution in [2.24, 2.45) is 5.92 Å². The second kappa shape index (κ2) is 8.37. The zero-order valence-electron chi connectivity index (χ0n) is 17.0. The van der Waals surface area contributed by atoms with Crippen LogP contribution in [-0.2, 0) is 0 Å². The number of carbonyl (C=O) groups excluding carboxylic acids is 1. The highest BCUT2D eigenvalue weighted by Crippen LogP contribution is 2.43. The number of benzene rings is 3. The van der Waals surface area contributed by atoms with Crippen LogP contribution >= 0.6 is 23.2 Å². The highest BCUT2D eigenvalue weighted by atomic mass is 35.5. The number of hydrogen-bond donors (Lipinski definition) is 1. The molecule has 1 atom stereocenters. The fourth-order valence-corrected chi connectivity index (χ4v) is 3.94. The maximum atomic E-state index is 12.5. The van der Waals surface area contributed by atoms with Crippen LogP contribution in [0.3, 0.4) is 0 Å². The molecule has 1 N–H and O–H groups in total. The summed E-state index contributed by atoms with van der Waals surface area (Å²) in [7, 11) is 0. The van der Waals surface area contributed by atoms with E-state index in [1.807, 2.05) is 12.1 Å². The Bertz CT molecular complexity index is 1320. The Hall–Kier alpha value is -2.82. The molecule has 1 aliphatic carbocycles. The molecule has 1 heterocycles. The summed E-state index contributed by atoms with van der Waals surface area (Å²) >= 11 is 12.3. The molecule has 0 fully saturated rings. The first-order valence-corrected chi connectivity index (χ1v) is 10.8. The van der Waals surface area contributed by atoms with Crippen LogP contribution in [0.1, 0.15) is 37.0 Å². The molecule has 0 radical (unpaired) electrons. The van der Waals surface area contributed by atoms with Crippen molar-refractivity contribution >= 4 is 40.0 Å². The third-order valence-electron chi connectivity index (χ3n) is 5.57. The number of ketones is 1. The van der Waals surface area contributed by atoms with E-state index in [2.05, 4.69) is 13.8 Å². The van der Waals surface area contributed by atoms with Crippen molar-refractivity contribution in [3.63, 3.8) is 0 Å². The predicted molar refractivity (Wildman–Crippen MR) is 125 cm³/mol. The monoisotopic (exact) mass is 454 g/mol. The van der Waals surface area contributed by atoms with E-state index in [0.717, 1.165) is 17.5 Å². The molecule has 4 rings (SSSR count). The summed E-state index contributed by atoms with van der Waals surface area (Å²) in [6.45, 7) is 4.13. The zero-order chi connectivity index (χ0) is 22.3. The maximum absolute atomic E-state index is 12.5. The van der Waals surface area contributed by atoms with E-state index in [1.54, 1.807) is 24.3 Å². The molecule has 0 spiro atoms. The van der Waals surface area contributed by atoms with E-state index in [1.165, 1.54) is 12.1 Å². The van der Waals surface area contributed by atoms with Gasteiger partial charge in [-0.25, -0.2) is 0 Å². The van der Waals surface area contributed by atoms with E-state index in [-0.39, 0.29) is 27.0 Å². The normalized spacial score (nSPS) is 12.4. The molecule has 0 saturated heterocycles. The maximum Gasteiger partial charge on any atom is 0.200 e. The Morgan fingerprint density at radius 3 is 2.45 bits per heavy atom. The Morgan fingerprint density at radius 2 is 1.77 bits per heavy atom.